The maximum absolute atomic E-state index is 13.4. The van der Waals surface area contributed by atoms with Crippen molar-refractivity contribution < 1.29 is 99.2 Å². The third kappa shape index (κ3) is 25.7. The molecule has 0 spiro atoms. The maximum Gasteiger partial charge on any atom is 0.416 e. The first-order valence-corrected chi connectivity index (χ1v) is 38.4. The van der Waals surface area contributed by atoms with Crippen LogP contribution in [-0.2, 0) is 99.8 Å². The Labute approximate surface area is 714 Å². The Morgan fingerprint density at radius 1 is 0.496 bits per heavy atom. The number of hydrogen-bond donors (Lipinski definition) is 2. The number of fused-ring (bicyclic) bond motifs is 1. The molecule has 0 fully saturated rings. The van der Waals surface area contributed by atoms with Crippen molar-refractivity contribution >= 4 is 126 Å². The average molecular weight is 1750 g/mol. The number of carbonyl (C=O) groups excluding carboxylic acids is 11. The van der Waals surface area contributed by atoms with E-state index in [0.717, 1.165) is 136 Å². The van der Waals surface area contributed by atoms with E-state index >= 15 is 0 Å². The normalized spacial score (nSPS) is 11.0. The van der Waals surface area contributed by atoms with Gasteiger partial charge in [0.25, 0.3) is 0 Å². The molecule has 642 valence electrons. The van der Waals surface area contributed by atoms with Crippen LogP contribution in [0.4, 0.5) is 22.0 Å². The van der Waals surface area contributed by atoms with Crippen LogP contribution in [0.2, 0.25) is 20.1 Å². The molecule has 0 saturated heterocycles. The van der Waals surface area contributed by atoms with Crippen molar-refractivity contribution in [3.63, 3.8) is 0 Å². The summed E-state index contributed by atoms with van der Waals surface area (Å²) in [5.74, 6) is -4.47. The molecule has 0 amide bonds. The molecule has 8 aromatic heterocycles. The van der Waals surface area contributed by atoms with E-state index in [1.54, 1.807) is 56.8 Å². The van der Waals surface area contributed by atoms with Gasteiger partial charge in [0.2, 0.25) is 0 Å². The van der Waals surface area contributed by atoms with E-state index in [9.17, 15) is 84.3 Å². The highest BCUT2D eigenvalue weighted by atomic mass is 35.5. The molecule has 33 heteroatoms. The molecule has 0 bridgehead atoms. The van der Waals surface area contributed by atoms with Crippen molar-refractivity contribution in [1.82, 2.24) is 36.5 Å². The molecule has 0 radical (unpaired) electrons. The number of alkyl halides is 3. The van der Waals surface area contributed by atoms with Crippen molar-refractivity contribution in [3.8, 4) is 5.69 Å². The van der Waals surface area contributed by atoms with Gasteiger partial charge in [-0.1, -0.05) is 46.4 Å². The number of nitrogens with zero attached hydrogens (tertiary/aromatic N) is 8. The van der Waals surface area contributed by atoms with Gasteiger partial charge in [-0.15, -0.1) is 0 Å². The first-order chi connectivity index (χ1) is 56.9. The first kappa shape index (κ1) is 99.4. The number of aldehydes is 8. The van der Waals surface area contributed by atoms with Crippen LogP contribution < -0.4 is 0 Å². The minimum atomic E-state index is -4.53. The SMILES string of the molecule is COC(=O)Cn1c(C)cc(C)c1C=O.Cc1c(CCC(=O)O)c(C)n(C)c1C=O.Cc1c(CCC(=O)O)c(C)n(C)c1C=O.Cc1cc(C)n(C)c1C=O.Cn1c(C=O)cc2c1CCCC2.Cn1cc(C(=O)c2ccc(Cl)cc2Cl)cc1C=O.Cn1cc(C(=O)c2ccc(F)cc2F)cc1C=O.O=Cc1cccn1-c1c(Cl)cc(C(F)(F)F)cc1Cl. The fourth-order valence-corrected chi connectivity index (χ4v) is 14.3. The number of aromatic nitrogens is 8. The number of aliphatic carboxylic acids is 2. The summed E-state index contributed by atoms with van der Waals surface area (Å²) in [5, 5.41) is 17.6. The molecule has 3 aromatic carbocycles. The number of aryl methyl sites for hydroxylation is 7. The zero-order valence-corrected chi connectivity index (χ0v) is 72.0. The van der Waals surface area contributed by atoms with Gasteiger partial charge in [0.15, 0.2) is 61.9 Å². The van der Waals surface area contributed by atoms with Gasteiger partial charge in [-0.3, -0.25) is 62.3 Å². The van der Waals surface area contributed by atoms with Crippen molar-refractivity contribution in [2.45, 2.75) is 119 Å². The standard InChI is InChI=1S/C13H9Cl2NO2.C13H9F2NO2.C12H6Cl2F3NO.2C11H15NO3.C10H13NO3.C10H13NO.C8H11NO/c2*1-16-6-8(4-10(16)7-17)13(18)11-3-2-9(14)5-12(11)15;13-9-4-7(12(15,16)17)5-10(14)11(9)18-3-1-2-8(18)6-19;2*1-7-9(4-5-11(14)15)8(2)12(3)10(7)6-13;1-7-4-8(2)11(9(7)6-12)5-10(13)14-3;1-11-9(7-12)6-8-4-2-3-5-10(8)11;1-6-4-7(2)9(3)8(6)5-10/h2*2-7H,1H3;1-6H;2*6H,4-5H2,1-3H3,(H,14,15);4,6H,5H2,1-3H3;6-7H,2-5H2,1H3;4-5H,1-3H3. The van der Waals surface area contributed by atoms with E-state index in [2.05, 4.69) is 4.74 Å². The third-order valence-electron chi connectivity index (χ3n) is 20.1. The average Bonchev–Trinajstić information content (AvgIpc) is 1.69. The lowest BCUT2D eigenvalue weighted by atomic mass is 9.98. The Bertz CT molecular complexity index is 5470. The number of benzene rings is 3. The van der Waals surface area contributed by atoms with Crippen LogP contribution in [0.15, 0.2) is 110 Å². The van der Waals surface area contributed by atoms with Crippen LogP contribution in [0.3, 0.4) is 0 Å². The van der Waals surface area contributed by atoms with Crippen LogP contribution in [0.25, 0.3) is 5.69 Å². The molecule has 11 aromatic rings. The number of rotatable bonds is 21. The molecule has 2 N–H and O–H groups in total. The monoisotopic (exact) mass is 1750 g/mol. The van der Waals surface area contributed by atoms with Gasteiger partial charge in [0, 0.05) is 130 Å². The van der Waals surface area contributed by atoms with Gasteiger partial charge in [-0.2, -0.15) is 13.2 Å². The number of methoxy groups -OCH3 is 1. The molecule has 0 atom stereocenters. The summed E-state index contributed by atoms with van der Waals surface area (Å²) in [7, 11) is 12.1. The van der Waals surface area contributed by atoms with Crippen LogP contribution in [0, 0.1) is 67.0 Å². The van der Waals surface area contributed by atoms with Crippen molar-refractivity contribution in [2.75, 3.05) is 7.11 Å². The lowest BCUT2D eigenvalue weighted by Gasteiger charge is -2.14. The van der Waals surface area contributed by atoms with Gasteiger partial charge in [0.05, 0.1) is 84.5 Å². The van der Waals surface area contributed by atoms with Crippen LogP contribution in [0.1, 0.15) is 214 Å². The van der Waals surface area contributed by atoms with Crippen molar-refractivity contribution in [2.24, 2.45) is 42.3 Å². The van der Waals surface area contributed by atoms with Crippen LogP contribution in [-0.4, -0.2) is 134 Å². The molecule has 12 rings (SSSR count). The van der Waals surface area contributed by atoms with Gasteiger partial charge < -0.3 is 51.5 Å². The second kappa shape index (κ2) is 45.3. The largest absolute Gasteiger partial charge is 0.481 e. The molecule has 121 heavy (non-hydrogen) atoms. The van der Waals surface area contributed by atoms with Gasteiger partial charge >= 0.3 is 24.1 Å². The summed E-state index contributed by atoms with van der Waals surface area (Å²) >= 11 is 23.4. The Balaban J connectivity index is 0.000000248. The predicted octanol–water partition coefficient (Wildman–Crippen LogP) is 17.5. The van der Waals surface area contributed by atoms with Crippen molar-refractivity contribution in [1.29, 1.82) is 0 Å². The summed E-state index contributed by atoms with van der Waals surface area (Å²) in [6.07, 6.45) is 12.0. The van der Waals surface area contributed by atoms with E-state index < -0.39 is 41.1 Å². The smallest absolute Gasteiger partial charge is 0.416 e. The second-order valence-electron chi connectivity index (χ2n) is 27.8. The molecule has 1 aliphatic rings. The molecule has 0 aliphatic heterocycles. The zero-order chi connectivity index (χ0) is 90.9. The van der Waals surface area contributed by atoms with Gasteiger partial charge in [-0.05, 0) is 218 Å². The summed E-state index contributed by atoms with van der Waals surface area (Å²) in [4.78, 5) is 142. The number of esters is 1. The Morgan fingerprint density at radius 2 is 0.959 bits per heavy atom. The maximum atomic E-state index is 13.4. The number of hydrogen-bond acceptors (Lipinski definition) is 14. The second-order valence-corrected chi connectivity index (χ2v) is 29.4. The molecular formula is C88H91Cl4F5N8O16. The van der Waals surface area contributed by atoms with Gasteiger partial charge in [-0.25, -0.2) is 8.78 Å². The highest BCUT2D eigenvalue weighted by Crippen LogP contribution is 2.38. The number of carboxylic acid groups (broad SMARTS) is 2. The first-order valence-electron chi connectivity index (χ1n) is 36.9. The number of halogens is 9. The molecule has 8 heterocycles. The van der Waals surface area contributed by atoms with Crippen molar-refractivity contribution in [3.05, 3.63) is 282 Å². The number of ketones is 2. The number of carboxylic acids is 2. The Kier molecular flexibility index (Phi) is 37.2. The number of carbonyl (C=O) groups is 13. The van der Waals surface area contributed by atoms with E-state index in [4.69, 9.17) is 56.6 Å². The van der Waals surface area contributed by atoms with Crippen LogP contribution in [0.5, 0.6) is 0 Å². The molecular weight excluding hydrogens is 1660 g/mol. The number of ether oxygens (including phenoxy) is 1. The lowest BCUT2D eigenvalue weighted by molar-refractivity contribution is -0.141. The molecule has 1 aliphatic carbocycles. The van der Waals surface area contributed by atoms with E-state index in [1.807, 2.05) is 111 Å². The van der Waals surface area contributed by atoms with Crippen LogP contribution >= 0.6 is 46.4 Å². The van der Waals surface area contributed by atoms with E-state index in [1.165, 1.54) is 77.0 Å². The lowest BCUT2D eigenvalue weighted by Crippen LogP contribution is -2.14. The Morgan fingerprint density at radius 3 is 1.36 bits per heavy atom. The summed E-state index contributed by atoms with van der Waals surface area (Å²) in [5.41, 5.74) is 16.7. The van der Waals surface area contributed by atoms with E-state index in [0.29, 0.717) is 87.4 Å². The summed E-state index contributed by atoms with van der Waals surface area (Å²) in [6, 6.07) is 20.8. The topological polar surface area (TPSA) is 311 Å². The molecule has 0 unspecified atom stereocenters. The fraction of sp³-hybridized carbons (Fsp3) is 0.284. The third-order valence-corrected chi connectivity index (χ3v) is 21.2. The zero-order valence-electron chi connectivity index (χ0n) is 69.0. The predicted molar refractivity (Wildman–Crippen MR) is 449 cm³/mol. The van der Waals surface area contributed by atoms with Gasteiger partial charge in [0.1, 0.15) is 18.2 Å². The quantitative estimate of drug-likeness (QED) is 0.0292. The molecule has 24 nitrogen and oxygen atoms in total. The fourth-order valence-electron chi connectivity index (χ4n) is 13.1. The summed E-state index contributed by atoms with van der Waals surface area (Å²) < 4.78 is 82.0. The highest BCUT2D eigenvalue weighted by molar-refractivity contribution is 6.38. The Hall–Kier alpha value is -12.2. The minimum absolute atomic E-state index is 0.0875. The highest BCUT2D eigenvalue weighted by Gasteiger charge is 2.33. The molecule has 0 saturated carbocycles. The van der Waals surface area contributed by atoms with E-state index in [-0.39, 0.29) is 63.7 Å². The minimum Gasteiger partial charge on any atom is -0.481 e. The summed E-state index contributed by atoms with van der Waals surface area (Å²) in [6.45, 7) is 15.2.